The van der Waals surface area contributed by atoms with Crippen LogP contribution < -0.4 is 5.32 Å². The fourth-order valence-electron chi connectivity index (χ4n) is 3.09. The molecule has 3 atom stereocenters. The summed E-state index contributed by atoms with van der Waals surface area (Å²) >= 11 is 5.92. The third-order valence-corrected chi connectivity index (χ3v) is 4.92. The van der Waals surface area contributed by atoms with Crippen molar-refractivity contribution < 1.29 is 0 Å². The van der Waals surface area contributed by atoms with Crippen LogP contribution in [0.1, 0.15) is 25.8 Å². The first-order valence-electron chi connectivity index (χ1n) is 7.27. The first kappa shape index (κ1) is 14.8. The molecule has 0 aromatic heterocycles. The molecule has 19 heavy (non-hydrogen) atoms. The molecule has 3 heteroatoms. The van der Waals surface area contributed by atoms with E-state index in [9.17, 15) is 0 Å². The van der Waals surface area contributed by atoms with Gasteiger partial charge in [0.15, 0.2) is 0 Å². The highest BCUT2D eigenvalue weighted by Crippen LogP contribution is 2.23. The molecule has 1 aromatic carbocycles. The fraction of sp³-hybridized carbons (Fsp3) is 0.625. The number of rotatable bonds is 4. The lowest BCUT2D eigenvalue weighted by atomic mass is 9.87. The Hall–Kier alpha value is -0.570. The van der Waals surface area contributed by atoms with E-state index in [2.05, 4.69) is 43.2 Å². The molecule has 0 saturated carbocycles. The van der Waals surface area contributed by atoms with Gasteiger partial charge in [-0.3, -0.25) is 4.90 Å². The maximum absolute atomic E-state index is 5.92. The summed E-state index contributed by atoms with van der Waals surface area (Å²) in [5.74, 6) is 0.712. The van der Waals surface area contributed by atoms with Crippen molar-refractivity contribution in [1.29, 1.82) is 0 Å². The summed E-state index contributed by atoms with van der Waals surface area (Å²) in [6.45, 7) is 7.06. The van der Waals surface area contributed by atoms with Crippen LogP contribution >= 0.6 is 11.6 Å². The molecule has 0 amide bonds. The molecule has 0 spiro atoms. The summed E-state index contributed by atoms with van der Waals surface area (Å²) < 4.78 is 0. The van der Waals surface area contributed by atoms with E-state index in [1.807, 2.05) is 12.1 Å². The van der Waals surface area contributed by atoms with Gasteiger partial charge in [-0.25, -0.2) is 0 Å². The summed E-state index contributed by atoms with van der Waals surface area (Å²) in [5, 5.41) is 4.26. The number of hydrogen-bond acceptors (Lipinski definition) is 2. The first-order valence-corrected chi connectivity index (χ1v) is 7.65. The monoisotopic (exact) mass is 280 g/mol. The van der Waals surface area contributed by atoms with Gasteiger partial charge >= 0.3 is 0 Å². The molecule has 106 valence electrons. The lowest BCUT2D eigenvalue weighted by molar-refractivity contribution is 0.0889. The maximum Gasteiger partial charge on any atom is 0.0406 e. The second kappa shape index (κ2) is 6.74. The van der Waals surface area contributed by atoms with Gasteiger partial charge in [0.1, 0.15) is 0 Å². The van der Waals surface area contributed by atoms with Crippen LogP contribution in [0.5, 0.6) is 0 Å². The molecule has 1 fully saturated rings. The highest BCUT2D eigenvalue weighted by atomic mass is 35.5. The molecule has 1 aliphatic rings. The third kappa shape index (κ3) is 3.71. The minimum Gasteiger partial charge on any atom is -0.317 e. The normalized spacial score (nSPS) is 28.5. The minimum atomic E-state index is 0.651. The zero-order valence-electron chi connectivity index (χ0n) is 12.2. The van der Waals surface area contributed by atoms with Crippen molar-refractivity contribution in [2.24, 2.45) is 5.92 Å². The Morgan fingerprint density at radius 3 is 2.58 bits per heavy atom. The van der Waals surface area contributed by atoms with E-state index in [-0.39, 0.29) is 0 Å². The van der Waals surface area contributed by atoms with Crippen LogP contribution in [-0.2, 0) is 6.42 Å². The average molecular weight is 281 g/mol. The van der Waals surface area contributed by atoms with E-state index in [0.29, 0.717) is 18.0 Å². The minimum absolute atomic E-state index is 0.651. The maximum atomic E-state index is 5.92. The summed E-state index contributed by atoms with van der Waals surface area (Å²) in [4.78, 5) is 2.62. The molecule has 1 saturated heterocycles. The molecule has 3 unspecified atom stereocenters. The molecule has 1 aromatic rings. The highest BCUT2D eigenvalue weighted by Gasteiger charge is 2.30. The van der Waals surface area contributed by atoms with Crippen LogP contribution in [-0.4, -0.2) is 37.1 Å². The van der Waals surface area contributed by atoms with Gasteiger partial charge in [0.25, 0.3) is 0 Å². The van der Waals surface area contributed by atoms with Crippen molar-refractivity contribution >= 4 is 11.6 Å². The van der Waals surface area contributed by atoms with Crippen LogP contribution in [0, 0.1) is 5.92 Å². The van der Waals surface area contributed by atoms with Gasteiger partial charge in [0.2, 0.25) is 0 Å². The summed E-state index contributed by atoms with van der Waals surface area (Å²) in [6.07, 6.45) is 2.36. The lowest BCUT2D eigenvalue weighted by Gasteiger charge is -2.42. The van der Waals surface area contributed by atoms with Gasteiger partial charge in [0.05, 0.1) is 0 Å². The number of halogens is 1. The molecule has 1 N–H and O–H groups in total. The van der Waals surface area contributed by atoms with Crippen LogP contribution in [0.25, 0.3) is 0 Å². The van der Waals surface area contributed by atoms with Crippen LogP contribution in [0.4, 0.5) is 0 Å². The third-order valence-electron chi connectivity index (χ3n) is 4.67. The first-order chi connectivity index (χ1) is 9.11. The van der Waals surface area contributed by atoms with Crippen molar-refractivity contribution in [3.8, 4) is 0 Å². The van der Waals surface area contributed by atoms with Crippen molar-refractivity contribution in [1.82, 2.24) is 10.2 Å². The Kier molecular flexibility index (Phi) is 5.26. The summed E-state index contributed by atoms with van der Waals surface area (Å²) in [7, 11) is 2.08. The molecule has 0 bridgehead atoms. The van der Waals surface area contributed by atoms with Crippen LogP contribution in [0.2, 0.25) is 5.02 Å². The topological polar surface area (TPSA) is 15.3 Å². The Labute approximate surface area is 122 Å². The van der Waals surface area contributed by atoms with Crippen LogP contribution in [0.3, 0.4) is 0 Å². The van der Waals surface area contributed by atoms with Crippen molar-refractivity contribution in [2.45, 2.75) is 38.8 Å². The van der Waals surface area contributed by atoms with Crippen molar-refractivity contribution in [3.05, 3.63) is 34.9 Å². The molecule has 2 nitrogen and oxygen atoms in total. The SMILES string of the molecule is CNC1CCN(CCc2ccc(Cl)cc2)C(C)C1C. The number of benzene rings is 1. The quantitative estimate of drug-likeness (QED) is 0.911. The number of likely N-dealkylation sites (tertiary alicyclic amines) is 1. The van der Waals surface area contributed by atoms with E-state index >= 15 is 0 Å². The van der Waals surface area contributed by atoms with Gasteiger partial charge in [-0.05, 0) is 57.0 Å². The average Bonchev–Trinajstić information content (AvgIpc) is 2.42. The Bertz CT molecular complexity index is 390. The molecule has 0 radical (unpaired) electrons. The largest absolute Gasteiger partial charge is 0.317 e. The molecule has 1 aliphatic heterocycles. The molecule has 1 heterocycles. The molecule has 2 rings (SSSR count). The predicted octanol–water partition coefficient (Wildman–Crippen LogP) is 3.20. The molecular formula is C16H25ClN2. The van der Waals surface area contributed by atoms with Gasteiger partial charge in [-0.15, -0.1) is 0 Å². The predicted molar refractivity (Wildman–Crippen MR) is 82.8 cm³/mol. The zero-order chi connectivity index (χ0) is 13.8. The van der Waals surface area contributed by atoms with Gasteiger partial charge < -0.3 is 5.32 Å². The van der Waals surface area contributed by atoms with Gasteiger partial charge in [-0.1, -0.05) is 30.7 Å². The number of nitrogens with zero attached hydrogens (tertiary/aromatic N) is 1. The van der Waals surface area contributed by atoms with Crippen LogP contribution in [0.15, 0.2) is 24.3 Å². The number of hydrogen-bond donors (Lipinski definition) is 1. The smallest absolute Gasteiger partial charge is 0.0406 e. The molecule has 0 aliphatic carbocycles. The highest BCUT2D eigenvalue weighted by molar-refractivity contribution is 6.30. The summed E-state index contributed by atoms with van der Waals surface area (Å²) in [5.41, 5.74) is 1.37. The number of piperidine rings is 1. The fourth-order valence-corrected chi connectivity index (χ4v) is 3.21. The Balaban J connectivity index is 1.88. The second-order valence-electron chi connectivity index (χ2n) is 5.70. The standard InChI is InChI=1S/C16H25ClN2/c1-12-13(2)19(11-9-16(12)18-3)10-8-14-4-6-15(17)7-5-14/h4-7,12-13,16,18H,8-11H2,1-3H3. The molecular weight excluding hydrogens is 256 g/mol. The zero-order valence-corrected chi connectivity index (χ0v) is 13.0. The van der Waals surface area contributed by atoms with E-state index in [0.717, 1.165) is 18.0 Å². The lowest BCUT2D eigenvalue weighted by Crippen LogP contribution is -2.53. The van der Waals surface area contributed by atoms with Crippen molar-refractivity contribution in [3.63, 3.8) is 0 Å². The van der Waals surface area contributed by atoms with E-state index < -0.39 is 0 Å². The van der Waals surface area contributed by atoms with E-state index in [1.165, 1.54) is 18.5 Å². The van der Waals surface area contributed by atoms with Crippen molar-refractivity contribution in [2.75, 3.05) is 20.1 Å². The number of nitrogens with one attached hydrogen (secondary N) is 1. The second-order valence-corrected chi connectivity index (χ2v) is 6.13. The van der Waals surface area contributed by atoms with E-state index in [1.54, 1.807) is 0 Å². The van der Waals surface area contributed by atoms with Gasteiger partial charge in [0, 0.05) is 23.7 Å². The van der Waals surface area contributed by atoms with Gasteiger partial charge in [-0.2, -0.15) is 0 Å². The van der Waals surface area contributed by atoms with E-state index in [4.69, 9.17) is 11.6 Å². The Morgan fingerprint density at radius 1 is 1.26 bits per heavy atom. The summed E-state index contributed by atoms with van der Waals surface area (Å²) in [6, 6.07) is 9.56. The Morgan fingerprint density at radius 2 is 1.95 bits per heavy atom.